The van der Waals surface area contributed by atoms with Crippen molar-refractivity contribution in [2.45, 2.75) is 37.9 Å². The van der Waals surface area contributed by atoms with Gasteiger partial charge >= 0.3 is 0 Å². The van der Waals surface area contributed by atoms with E-state index < -0.39 is 6.17 Å². The fourth-order valence-electron chi connectivity index (χ4n) is 3.24. The van der Waals surface area contributed by atoms with Crippen molar-refractivity contribution in [1.29, 1.82) is 0 Å². The molecule has 1 saturated carbocycles. The van der Waals surface area contributed by atoms with Gasteiger partial charge in [-0.25, -0.2) is 4.39 Å². The van der Waals surface area contributed by atoms with Crippen LogP contribution in [0.2, 0.25) is 0 Å². The van der Waals surface area contributed by atoms with Crippen LogP contribution < -0.4 is 0 Å². The summed E-state index contributed by atoms with van der Waals surface area (Å²) in [4.78, 5) is 2.09. The lowest BCUT2D eigenvalue weighted by Crippen LogP contribution is -2.53. The summed E-state index contributed by atoms with van der Waals surface area (Å²) in [5, 5.41) is 9.39. The Balaban J connectivity index is 2.19. The van der Waals surface area contributed by atoms with Crippen molar-refractivity contribution < 1.29 is 9.50 Å². The zero-order valence-corrected chi connectivity index (χ0v) is 8.17. The number of rotatable bonds is 1. The van der Waals surface area contributed by atoms with E-state index in [0.717, 1.165) is 19.3 Å². The first-order valence-corrected chi connectivity index (χ1v) is 5.13. The zero-order chi connectivity index (χ0) is 9.47. The second-order valence-electron chi connectivity index (χ2n) is 4.67. The lowest BCUT2D eigenvalue weighted by molar-refractivity contribution is -0.0291. The molecule has 76 valence electrons. The van der Waals surface area contributed by atoms with Gasteiger partial charge in [-0.3, -0.25) is 4.90 Å². The summed E-state index contributed by atoms with van der Waals surface area (Å²) in [5.41, 5.74) is -0.119. The number of halogens is 1. The molecule has 3 heteroatoms. The predicted molar refractivity (Wildman–Crippen MR) is 49.3 cm³/mol. The van der Waals surface area contributed by atoms with Crippen LogP contribution >= 0.6 is 0 Å². The molecule has 3 atom stereocenters. The van der Waals surface area contributed by atoms with Gasteiger partial charge in [0.15, 0.2) is 0 Å². The third kappa shape index (κ3) is 1.38. The maximum Gasteiger partial charge on any atom is 0.113 e. The highest BCUT2D eigenvalue weighted by molar-refractivity contribution is 5.01. The second-order valence-corrected chi connectivity index (χ2v) is 4.67. The highest BCUT2D eigenvalue weighted by Gasteiger charge is 2.49. The molecule has 1 heterocycles. The minimum absolute atomic E-state index is 0.119. The fourth-order valence-corrected chi connectivity index (χ4v) is 3.24. The van der Waals surface area contributed by atoms with E-state index in [1.807, 2.05) is 7.05 Å². The Morgan fingerprint density at radius 1 is 1.62 bits per heavy atom. The van der Waals surface area contributed by atoms with Crippen LogP contribution in [0, 0.1) is 5.41 Å². The number of piperidine rings is 1. The molecule has 0 aromatic rings. The van der Waals surface area contributed by atoms with Gasteiger partial charge in [0.1, 0.15) is 6.17 Å². The number of likely N-dealkylation sites (tertiary alicyclic amines) is 1. The van der Waals surface area contributed by atoms with Crippen LogP contribution in [0.15, 0.2) is 0 Å². The Hall–Kier alpha value is -0.150. The van der Waals surface area contributed by atoms with Gasteiger partial charge in [-0.1, -0.05) is 6.42 Å². The molecule has 0 aromatic heterocycles. The van der Waals surface area contributed by atoms with Gasteiger partial charge in [-0.05, 0) is 26.3 Å². The molecule has 1 saturated heterocycles. The van der Waals surface area contributed by atoms with Crippen molar-refractivity contribution in [3.63, 3.8) is 0 Å². The summed E-state index contributed by atoms with van der Waals surface area (Å²) in [6, 6.07) is 0.421. The Morgan fingerprint density at radius 3 is 3.08 bits per heavy atom. The standard InChI is InChI=1S/C10H18FNO/c1-12-6-8(11)5-10(7-13)4-2-3-9(10)12/h8-9,13H,2-7H2,1H3. The topological polar surface area (TPSA) is 23.5 Å². The SMILES string of the molecule is CN1CC(F)CC2(CO)CCCC12. The first-order chi connectivity index (χ1) is 6.18. The van der Waals surface area contributed by atoms with E-state index in [1.165, 1.54) is 0 Å². The van der Waals surface area contributed by atoms with Crippen LogP contribution in [-0.2, 0) is 0 Å². The van der Waals surface area contributed by atoms with E-state index in [1.54, 1.807) is 0 Å². The average Bonchev–Trinajstić information content (AvgIpc) is 2.48. The highest BCUT2D eigenvalue weighted by Crippen LogP contribution is 2.47. The van der Waals surface area contributed by atoms with E-state index in [2.05, 4.69) is 4.90 Å². The molecule has 0 spiro atoms. The zero-order valence-electron chi connectivity index (χ0n) is 8.17. The van der Waals surface area contributed by atoms with Crippen LogP contribution in [0.3, 0.4) is 0 Å². The van der Waals surface area contributed by atoms with Crippen molar-refractivity contribution in [3.05, 3.63) is 0 Å². The fraction of sp³-hybridized carbons (Fsp3) is 1.00. The smallest absolute Gasteiger partial charge is 0.113 e. The molecule has 2 fully saturated rings. The van der Waals surface area contributed by atoms with Crippen molar-refractivity contribution in [1.82, 2.24) is 4.90 Å². The first kappa shape index (κ1) is 9.41. The third-order valence-corrected chi connectivity index (χ3v) is 3.82. The molecule has 1 aliphatic carbocycles. The summed E-state index contributed by atoms with van der Waals surface area (Å²) < 4.78 is 13.4. The number of hydrogen-bond donors (Lipinski definition) is 1. The van der Waals surface area contributed by atoms with Gasteiger partial charge in [0.2, 0.25) is 0 Å². The van der Waals surface area contributed by atoms with E-state index in [4.69, 9.17) is 0 Å². The quantitative estimate of drug-likeness (QED) is 0.666. The molecule has 0 bridgehead atoms. The van der Waals surface area contributed by atoms with E-state index in [-0.39, 0.29) is 12.0 Å². The minimum atomic E-state index is -0.744. The van der Waals surface area contributed by atoms with Crippen molar-refractivity contribution >= 4 is 0 Å². The van der Waals surface area contributed by atoms with Crippen LogP contribution in [0.5, 0.6) is 0 Å². The molecule has 2 nitrogen and oxygen atoms in total. The lowest BCUT2D eigenvalue weighted by Gasteiger charge is -2.45. The summed E-state index contributed by atoms with van der Waals surface area (Å²) in [6.45, 7) is 0.703. The van der Waals surface area contributed by atoms with Gasteiger partial charge in [-0.2, -0.15) is 0 Å². The van der Waals surface area contributed by atoms with E-state index in [9.17, 15) is 9.50 Å². The van der Waals surface area contributed by atoms with Crippen molar-refractivity contribution in [2.24, 2.45) is 5.41 Å². The maximum atomic E-state index is 13.4. The summed E-state index contributed by atoms with van der Waals surface area (Å²) >= 11 is 0. The normalized spacial score (nSPS) is 46.4. The Kier molecular flexibility index (Phi) is 2.32. The second kappa shape index (κ2) is 3.21. The van der Waals surface area contributed by atoms with Gasteiger partial charge in [0.05, 0.1) is 6.61 Å². The van der Waals surface area contributed by atoms with Gasteiger partial charge < -0.3 is 5.11 Å². The molecular formula is C10H18FNO. The molecule has 2 aliphatic rings. The molecule has 0 amide bonds. The van der Waals surface area contributed by atoms with Gasteiger partial charge in [-0.15, -0.1) is 0 Å². The number of aliphatic hydroxyl groups excluding tert-OH is 1. The predicted octanol–water partition coefficient (Wildman–Crippen LogP) is 1.19. The van der Waals surface area contributed by atoms with Crippen molar-refractivity contribution in [2.75, 3.05) is 20.2 Å². The van der Waals surface area contributed by atoms with Crippen LogP contribution in [0.25, 0.3) is 0 Å². The summed E-state index contributed by atoms with van der Waals surface area (Å²) in [7, 11) is 1.98. The maximum absolute atomic E-state index is 13.4. The number of hydrogen-bond acceptors (Lipinski definition) is 2. The minimum Gasteiger partial charge on any atom is -0.396 e. The Morgan fingerprint density at radius 2 is 2.38 bits per heavy atom. The Bertz CT molecular complexity index is 199. The monoisotopic (exact) mass is 187 g/mol. The average molecular weight is 187 g/mol. The van der Waals surface area contributed by atoms with Crippen molar-refractivity contribution in [3.8, 4) is 0 Å². The molecule has 1 aliphatic heterocycles. The summed E-state index contributed by atoms with van der Waals surface area (Å²) in [5.74, 6) is 0. The Labute approximate surface area is 78.7 Å². The van der Waals surface area contributed by atoms with E-state index >= 15 is 0 Å². The van der Waals surface area contributed by atoms with Crippen LogP contribution in [0.1, 0.15) is 25.7 Å². The largest absolute Gasteiger partial charge is 0.396 e. The lowest BCUT2D eigenvalue weighted by atomic mass is 9.75. The van der Waals surface area contributed by atoms with E-state index in [0.29, 0.717) is 19.0 Å². The van der Waals surface area contributed by atoms with Crippen LogP contribution in [-0.4, -0.2) is 42.4 Å². The van der Waals surface area contributed by atoms with Crippen LogP contribution in [0.4, 0.5) is 4.39 Å². The molecule has 2 rings (SSSR count). The van der Waals surface area contributed by atoms with Gasteiger partial charge in [0.25, 0.3) is 0 Å². The summed E-state index contributed by atoms with van der Waals surface area (Å²) in [6.07, 6.45) is 3.09. The number of aliphatic hydroxyl groups is 1. The molecule has 1 N–H and O–H groups in total. The molecule has 0 radical (unpaired) electrons. The van der Waals surface area contributed by atoms with Gasteiger partial charge in [0, 0.05) is 18.0 Å². The highest BCUT2D eigenvalue weighted by atomic mass is 19.1. The first-order valence-electron chi connectivity index (χ1n) is 5.13. The number of nitrogens with zero attached hydrogens (tertiary/aromatic N) is 1. The molecule has 0 aromatic carbocycles. The molecular weight excluding hydrogens is 169 g/mol. The molecule has 13 heavy (non-hydrogen) atoms. The molecule has 3 unspecified atom stereocenters. The number of fused-ring (bicyclic) bond motifs is 1. The third-order valence-electron chi connectivity index (χ3n) is 3.82. The number of alkyl halides is 1.